The molecule has 0 bridgehead atoms. The number of hydrogen-bond donors (Lipinski definition) is 1. The Balaban J connectivity index is 3.43. The predicted octanol–water partition coefficient (Wildman–Crippen LogP) is 3.05. The van der Waals surface area contributed by atoms with Gasteiger partial charge in [0.05, 0.1) is 24.6 Å². The third kappa shape index (κ3) is 7.71. The van der Waals surface area contributed by atoms with E-state index in [2.05, 4.69) is 11.3 Å². The number of methoxy groups -OCH3 is 1. The molecule has 0 radical (unpaired) electrons. The summed E-state index contributed by atoms with van der Waals surface area (Å²) in [6, 6.07) is 2.53. The fraction of sp³-hybridized carbons (Fsp3) is 0.654. The highest BCUT2D eigenvalue weighted by Crippen LogP contribution is 2.24. The molecule has 0 aliphatic heterocycles. The standard InChI is InChI=1S/C26H42N4O4/c1-10-14-20(6)26(33)30(27-25(32)23(18(3)4)28(7)8)24(19(5)11-2)21(34-9)17-22(31)29-15-12-13-16-29/h1,12-13,15-16,18-21,23-24H,11,14,17H2,2-9H3,(H,27,32)/t19-,20-,21+,23-,24-/m0/s1. The summed E-state index contributed by atoms with van der Waals surface area (Å²) in [6.45, 7) is 9.65. The van der Waals surface area contributed by atoms with Gasteiger partial charge in [0.25, 0.3) is 5.91 Å². The van der Waals surface area contributed by atoms with Crippen molar-refractivity contribution in [1.82, 2.24) is 19.9 Å². The van der Waals surface area contributed by atoms with E-state index in [9.17, 15) is 14.4 Å². The molecular formula is C26H42N4O4. The van der Waals surface area contributed by atoms with Gasteiger partial charge in [-0.2, -0.15) is 0 Å². The van der Waals surface area contributed by atoms with Crippen LogP contribution in [0, 0.1) is 30.1 Å². The molecular weight excluding hydrogens is 432 g/mol. The first-order valence-corrected chi connectivity index (χ1v) is 11.9. The minimum atomic E-state index is -0.635. The second-order valence-electron chi connectivity index (χ2n) is 9.48. The quantitative estimate of drug-likeness (QED) is 0.372. The average molecular weight is 475 g/mol. The fourth-order valence-corrected chi connectivity index (χ4v) is 4.25. The Hall–Kier alpha value is -2.63. The molecule has 0 aliphatic rings. The largest absolute Gasteiger partial charge is 0.379 e. The maximum atomic E-state index is 13.6. The van der Waals surface area contributed by atoms with E-state index in [-0.39, 0.29) is 42.4 Å². The summed E-state index contributed by atoms with van der Waals surface area (Å²) in [5.41, 5.74) is 2.89. The Bertz CT molecular complexity index is 820. The number of rotatable bonds is 12. The minimum absolute atomic E-state index is 0.0191. The Labute approximate surface area is 205 Å². The molecule has 8 nitrogen and oxygen atoms in total. The summed E-state index contributed by atoms with van der Waals surface area (Å²) in [6.07, 6.45) is 9.20. The molecule has 0 fully saturated rings. The molecule has 2 amide bonds. The smallest absolute Gasteiger partial charge is 0.256 e. The van der Waals surface area contributed by atoms with E-state index in [1.54, 1.807) is 31.5 Å². The number of terminal acetylenes is 1. The van der Waals surface area contributed by atoms with Crippen LogP contribution < -0.4 is 5.43 Å². The van der Waals surface area contributed by atoms with Crippen LogP contribution in [0.4, 0.5) is 0 Å². The van der Waals surface area contributed by atoms with Crippen LogP contribution in [0.25, 0.3) is 0 Å². The van der Waals surface area contributed by atoms with E-state index < -0.39 is 24.1 Å². The third-order valence-electron chi connectivity index (χ3n) is 6.25. The van der Waals surface area contributed by atoms with Crippen LogP contribution in [-0.2, 0) is 14.3 Å². The molecule has 0 saturated heterocycles. The summed E-state index contributed by atoms with van der Waals surface area (Å²) in [7, 11) is 5.18. The Kier molecular flexibility index (Phi) is 12.0. The minimum Gasteiger partial charge on any atom is -0.379 e. The number of ether oxygens (including phenoxy) is 1. The molecule has 0 unspecified atom stereocenters. The van der Waals surface area contributed by atoms with Crippen molar-refractivity contribution in [3.8, 4) is 12.3 Å². The van der Waals surface area contributed by atoms with Gasteiger partial charge >= 0.3 is 0 Å². The molecule has 0 spiro atoms. The van der Waals surface area contributed by atoms with E-state index in [1.165, 1.54) is 16.7 Å². The number of aromatic nitrogens is 1. The number of hydrogen-bond acceptors (Lipinski definition) is 5. The molecule has 1 aromatic rings. The highest BCUT2D eigenvalue weighted by Gasteiger charge is 2.39. The van der Waals surface area contributed by atoms with Gasteiger partial charge in [-0.1, -0.05) is 41.0 Å². The summed E-state index contributed by atoms with van der Waals surface area (Å²) in [5, 5.41) is 1.38. The molecule has 5 atom stereocenters. The number of hydrazine groups is 1. The monoisotopic (exact) mass is 474 g/mol. The molecule has 1 N–H and O–H groups in total. The van der Waals surface area contributed by atoms with Gasteiger partial charge < -0.3 is 4.74 Å². The highest BCUT2D eigenvalue weighted by molar-refractivity contribution is 5.87. The first-order chi connectivity index (χ1) is 16.0. The summed E-state index contributed by atoms with van der Waals surface area (Å²) in [5.74, 6) is 1.23. The zero-order valence-corrected chi connectivity index (χ0v) is 21.9. The van der Waals surface area contributed by atoms with Gasteiger partial charge in [0.2, 0.25) is 11.8 Å². The van der Waals surface area contributed by atoms with Crippen molar-refractivity contribution in [2.24, 2.45) is 17.8 Å². The zero-order chi connectivity index (χ0) is 26.0. The third-order valence-corrected chi connectivity index (χ3v) is 6.25. The second-order valence-corrected chi connectivity index (χ2v) is 9.48. The van der Waals surface area contributed by atoms with Crippen molar-refractivity contribution in [1.29, 1.82) is 0 Å². The lowest BCUT2D eigenvalue weighted by Gasteiger charge is -2.41. The molecule has 0 saturated carbocycles. The summed E-state index contributed by atoms with van der Waals surface area (Å²) >= 11 is 0. The van der Waals surface area contributed by atoms with Gasteiger partial charge in [-0.3, -0.25) is 29.3 Å². The van der Waals surface area contributed by atoms with E-state index in [4.69, 9.17) is 11.2 Å². The SMILES string of the molecule is C#CC[C@H](C)C(=O)N(NC(=O)[C@H](C(C)C)N(C)C)[C@@H]([C@@H](C)CC)[C@@H](CC(=O)n1cccc1)OC. The Morgan fingerprint density at radius 1 is 1.12 bits per heavy atom. The van der Waals surface area contributed by atoms with Crippen molar-refractivity contribution in [2.45, 2.75) is 72.1 Å². The fourth-order valence-electron chi connectivity index (χ4n) is 4.25. The van der Waals surface area contributed by atoms with Gasteiger partial charge in [-0.15, -0.1) is 12.3 Å². The average Bonchev–Trinajstić information content (AvgIpc) is 3.31. The van der Waals surface area contributed by atoms with E-state index in [0.717, 1.165) is 0 Å². The topological polar surface area (TPSA) is 83.9 Å². The molecule has 0 aliphatic carbocycles. The molecule has 1 aromatic heterocycles. The molecule has 1 heterocycles. The van der Waals surface area contributed by atoms with Gasteiger partial charge in [0.15, 0.2) is 0 Å². The van der Waals surface area contributed by atoms with Crippen molar-refractivity contribution >= 4 is 17.7 Å². The summed E-state index contributed by atoms with van der Waals surface area (Å²) < 4.78 is 7.27. The van der Waals surface area contributed by atoms with Crippen LogP contribution in [0.15, 0.2) is 24.5 Å². The Morgan fingerprint density at radius 2 is 1.71 bits per heavy atom. The zero-order valence-electron chi connectivity index (χ0n) is 21.9. The normalized spacial score (nSPS) is 15.8. The second kappa shape index (κ2) is 13.9. The lowest BCUT2D eigenvalue weighted by atomic mass is 9.90. The van der Waals surface area contributed by atoms with Crippen molar-refractivity contribution in [3.05, 3.63) is 24.5 Å². The van der Waals surface area contributed by atoms with Gasteiger partial charge in [0.1, 0.15) is 0 Å². The predicted molar refractivity (Wildman–Crippen MR) is 134 cm³/mol. The van der Waals surface area contributed by atoms with Gasteiger partial charge in [-0.25, -0.2) is 5.01 Å². The van der Waals surface area contributed by atoms with Crippen LogP contribution in [0.5, 0.6) is 0 Å². The molecule has 8 heteroatoms. The molecule has 0 aromatic carbocycles. The highest BCUT2D eigenvalue weighted by atomic mass is 16.5. The van der Waals surface area contributed by atoms with Gasteiger partial charge in [-0.05, 0) is 38.1 Å². The first-order valence-electron chi connectivity index (χ1n) is 11.9. The molecule has 190 valence electrons. The van der Waals surface area contributed by atoms with E-state index >= 15 is 0 Å². The number of amides is 2. The molecule has 34 heavy (non-hydrogen) atoms. The lowest BCUT2D eigenvalue weighted by Crippen LogP contribution is -2.63. The van der Waals surface area contributed by atoms with E-state index in [0.29, 0.717) is 6.42 Å². The maximum Gasteiger partial charge on any atom is 0.256 e. The van der Waals surface area contributed by atoms with Crippen LogP contribution in [0.1, 0.15) is 58.7 Å². The van der Waals surface area contributed by atoms with Crippen LogP contribution in [0.2, 0.25) is 0 Å². The number of nitrogens with one attached hydrogen (secondary N) is 1. The van der Waals surface area contributed by atoms with Crippen molar-refractivity contribution < 1.29 is 19.1 Å². The van der Waals surface area contributed by atoms with Crippen molar-refractivity contribution in [2.75, 3.05) is 21.2 Å². The molecule has 1 rings (SSSR count). The summed E-state index contributed by atoms with van der Waals surface area (Å²) in [4.78, 5) is 41.7. The van der Waals surface area contributed by atoms with Crippen LogP contribution in [0.3, 0.4) is 0 Å². The number of carbonyl (C=O) groups is 3. The lowest BCUT2D eigenvalue weighted by molar-refractivity contribution is -0.155. The van der Waals surface area contributed by atoms with E-state index in [1.807, 2.05) is 46.7 Å². The van der Waals surface area contributed by atoms with Crippen LogP contribution in [-0.4, -0.2) is 71.6 Å². The Morgan fingerprint density at radius 3 is 2.15 bits per heavy atom. The number of likely N-dealkylation sites (N-methyl/N-ethyl adjacent to an activating group) is 1. The first kappa shape index (κ1) is 29.4. The van der Waals surface area contributed by atoms with Gasteiger partial charge in [0, 0.05) is 31.8 Å². The van der Waals surface area contributed by atoms with Crippen molar-refractivity contribution in [3.63, 3.8) is 0 Å². The number of nitrogens with zero attached hydrogens (tertiary/aromatic N) is 3. The number of carbonyl (C=O) groups excluding carboxylic acids is 3. The maximum absolute atomic E-state index is 13.6. The van der Waals surface area contributed by atoms with Crippen LogP contribution >= 0.6 is 0 Å².